The molecule has 0 radical (unpaired) electrons. The summed E-state index contributed by atoms with van der Waals surface area (Å²) in [6, 6.07) is 5.77. The Kier molecular flexibility index (Phi) is 4.46. The summed E-state index contributed by atoms with van der Waals surface area (Å²) >= 11 is 0. The molecule has 1 heterocycles. The highest BCUT2D eigenvalue weighted by Gasteiger charge is 2.27. The van der Waals surface area contributed by atoms with E-state index in [2.05, 4.69) is 25.7 Å². The molecule has 1 aliphatic heterocycles. The van der Waals surface area contributed by atoms with Crippen LogP contribution in [-0.2, 0) is 6.42 Å². The molecule has 0 spiro atoms. The average Bonchev–Trinajstić information content (AvgIpc) is 2.68. The summed E-state index contributed by atoms with van der Waals surface area (Å²) in [4.78, 5) is 2.40. The van der Waals surface area contributed by atoms with Crippen LogP contribution in [0.25, 0.3) is 0 Å². The number of halogens is 1. The highest BCUT2D eigenvalue weighted by Crippen LogP contribution is 2.32. The minimum Gasteiger partial charge on any atom is -0.368 e. The van der Waals surface area contributed by atoms with E-state index in [4.69, 9.17) is 5.73 Å². The Morgan fingerprint density at radius 2 is 2.16 bits per heavy atom. The summed E-state index contributed by atoms with van der Waals surface area (Å²) < 4.78 is 13.5. The third kappa shape index (κ3) is 3.27. The molecule has 0 aliphatic carbocycles. The van der Waals surface area contributed by atoms with Crippen molar-refractivity contribution in [2.75, 3.05) is 11.4 Å². The van der Waals surface area contributed by atoms with Crippen LogP contribution in [0.5, 0.6) is 0 Å². The van der Waals surface area contributed by atoms with Crippen molar-refractivity contribution in [2.45, 2.75) is 52.1 Å². The zero-order valence-corrected chi connectivity index (χ0v) is 12.2. The van der Waals surface area contributed by atoms with Crippen LogP contribution in [0.3, 0.4) is 0 Å². The van der Waals surface area contributed by atoms with Crippen molar-refractivity contribution in [1.82, 2.24) is 0 Å². The number of benzene rings is 1. The predicted octanol–water partition coefficient (Wildman–Crippen LogP) is 3.34. The molecule has 106 valence electrons. The lowest BCUT2D eigenvalue weighted by Gasteiger charge is -2.27. The lowest BCUT2D eigenvalue weighted by molar-refractivity contribution is 0.611. The van der Waals surface area contributed by atoms with Gasteiger partial charge in [0.25, 0.3) is 0 Å². The van der Waals surface area contributed by atoms with Gasteiger partial charge in [-0.3, -0.25) is 0 Å². The molecule has 0 amide bonds. The SMILES string of the molecule is CCC(N)Cc1cc(F)ccc1N1CC(C)CC1C. The first-order valence-electron chi connectivity index (χ1n) is 7.31. The molecular weight excluding hydrogens is 239 g/mol. The highest BCUT2D eigenvalue weighted by molar-refractivity contribution is 5.55. The molecule has 1 fully saturated rings. The Morgan fingerprint density at radius 1 is 1.42 bits per heavy atom. The first kappa shape index (κ1) is 14.3. The summed E-state index contributed by atoms with van der Waals surface area (Å²) in [5, 5.41) is 0. The number of nitrogens with zero attached hydrogens (tertiary/aromatic N) is 1. The standard InChI is InChI=1S/C16H25FN2/c1-4-15(18)9-13-8-14(17)5-6-16(13)19-10-11(2)7-12(19)3/h5-6,8,11-12,15H,4,7,9-10,18H2,1-3H3. The second-order valence-corrected chi connectivity index (χ2v) is 5.99. The van der Waals surface area contributed by atoms with Crippen LogP contribution in [0.2, 0.25) is 0 Å². The maximum absolute atomic E-state index is 13.5. The van der Waals surface area contributed by atoms with E-state index < -0.39 is 0 Å². The largest absolute Gasteiger partial charge is 0.368 e. The summed E-state index contributed by atoms with van der Waals surface area (Å²) in [5.74, 6) is 0.537. The molecule has 1 aliphatic rings. The Bertz CT molecular complexity index is 433. The van der Waals surface area contributed by atoms with Crippen LogP contribution in [0.1, 0.15) is 39.2 Å². The van der Waals surface area contributed by atoms with Gasteiger partial charge in [-0.15, -0.1) is 0 Å². The van der Waals surface area contributed by atoms with Gasteiger partial charge in [-0.25, -0.2) is 4.39 Å². The van der Waals surface area contributed by atoms with Gasteiger partial charge in [0, 0.05) is 24.3 Å². The van der Waals surface area contributed by atoms with E-state index >= 15 is 0 Å². The maximum Gasteiger partial charge on any atom is 0.123 e. The van der Waals surface area contributed by atoms with Crippen molar-refractivity contribution in [2.24, 2.45) is 11.7 Å². The van der Waals surface area contributed by atoms with Gasteiger partial charge in [-0.05, 0) is 55.9 Å². The zero-order valence-electron chi connectivity index (χ0n) is 12.2. The quantitative estimate of drug-likeness (QED) is 0.903. The van der Waals surface area contributed by atoms with Crippen molar-refractivity contribution < 1.29 is 4.39 Å². The fraction of sp³-hybridized carbons (Fsp3) is 0.625. The van der Waals surface area contributed by atoms with Crippen molar-refractivity contribution in [3.8, 4) is 0 Å². The van der Waals surface area contributed by atoms with E-state index in [0.717, 1.165) is 24.9 Å². The van der Waals surface area contributed by atoms with E-state index in [0.29, 0.717) is 12.0 Å². The molecule has 0 bridgehead atoms. The van der Waals surface area contributed by atoms with Crippen LogP contribution in [0, 0.1) is 11.7 Å². The number of anilines is 1. The first-order valence-corrected chi connectivity index (χ1v) is 7.31. The van der Waals surface area contributed by atoms with E-state index in [-0.39, 0.29) is 11.9 Å². The molecule has 2 N–H and O–H groups in total. The van der Waals surface area contributed by atoms with E-state index in [9.17, 15) is 4.39 Å². The molecule has 1 aromatic rings. The van der Waals surface area contributed by atoms with E-state index in [1.165, 1.54) is 12.1 Å². The Morgan fingerprint density at radius 3 is 2.74 bits per heavy atom. The van der Waals surface area contributed by atoms with Gasteiger partial charge in [0.1, 0.15) is 5.82 Å². The summed E-state index contributed by atoms with van der Waals surface area (Å²) in [6.45, 7) is 7.65. The topological polar surface area (TPSA) is 29.3 Å². The first-order chi connectivity index (χ1) is 9.01. The second kappa shape index (κ2) is 5.91. The second-order valence-electron chi connectivity index (χ2n) is 5.99. The summed E-state index contributed by atoms with van der Waals surface area (Å²) in [6.07, 6.45) is 2.87. The van der Waals surface area contributed by atoms with Gasteiger partial charge in [0.05, 0.1) is 0 Å². The van der Waals surface area contributed by atoms with Gasteiger partial charge >= 0.3 is 0 Å². The zero-order chi connectivity index (χ0) is 14.0. The number of nitrogens with two attached hydrogens (primary N) is 1. The van der Waals surface area contributed by atoms with Gasteiger partial charge in [-0.1, -0.05) is 13.8 Å². The van der Waals surface area contributed by atoms with E-state index in [1.807, 2.05) is 6.07 Å². The Balaban J connectivity index is 2.28. The monoisotopic (exact) mass is 264 g/mol. The molecule has 3 atom stereocenters. The Hall–Kier alpha value is -1.09. The van der Waals surface area contributed by atoms with Crippen LogP contribution in [-0.4, -0.2) is 18.6 Å². The fourth-order valence-corrected chi connectivity index (χ4v) is 3.06. The molecule has 19 heavy (non-hydrogen) atoms. The minimum atomic E-state index is -0.165. The number of hydrogen-bond donors (Lipinski definition) is 1. The van der Waals surface area contributed by atoms with Gasteiger partial charge in [0.15, 0.2) is 0 Å². The average molecular weight is 264 g/mol. The maximum atomic E-state index is 13.5. The van der Waals surface area contributed by atoms with Crippen molar-refractivity contribution in [1.29, 1.82) is 0 Å². The molecule has 3 unspecified atom stereocenters. The normalized spacial score (nSPS) is 24.8. The van der Waals surface area contributed by atoms with Crippen LogP contribution < -0.4 is 10.6 Å². The third-order valence-electron chi connectivity index (χ3n) is 4.14. The predicted molar refractivity (Wildman–Crippen MR) is 79.0 cm³/mol. The molecule has 2 nitrogen and oxygen atoms in total. The molecule has 1 saturated heterocycles. The van der Waals surface area contributed by atoms with E-state index in [1.54, 1.807) is 12.1 Å². The van der Waals surface area contributed by atoms with Crippen LogP contribution in [0.15, 0.2) is 18.2 Å². The van der Waals surface area contributed by atoms with Gasteiger partial charge < -0.3 is 10.6 Å². The molecule has 0 saturated carbocycles. The lowest BCUT2D eigenvalue weighted by Crippen LogP contribution is -2.29. The molecule has 1 aromatic carbocycles. The number of hydrogen-bond acceptors (Lipinski definition) is 2. The van der Waals surface area contributed by atoms with Crippen LogP contribution >= 0.6 is 0 Å². The molecule has 3 heteroatoms. The summed E-state index contributed by atoms with van der Waals surface area (Å²) in [7, 11) is 0. The highest BCUT2D eigenvalue weighted by atomic mass is 19.1. The molecular formula is C16H25FN2. The van der Waals surface area contributed by atoms with Crippen LogP contribution in [0.4, 0.5) is 10.1 Å². The fourth-order valence-electron chi connectivity index (χ4n) is 3.06. The third-order valence-corrected chi connectivity index (χ3v) is 4.14. The lowest BCUT2D eigenvalue weighted by atomic mass is 10.0. The molecule has 0 aromatic heterocycles. The van der Waals surface area contributed by atoms with Crippen molar-refractivity contribution in [3.63, 3.8) is 0 Å². The smallest absolute Gasteiger partial charge is 0.123 e. The number of rotatable bonds is 4. The van der Waals surface area contributed by atoms with Gasteiger partial charge in [0.2, 0.25) is 0 Å². The van der Waals surface area contributed by atoms with Crippen molar-refractivity contribution >= 4 is 5.69 Å². The minimum absolute atomic E-state index is 0.107. The molecule has 2 rings (SSSR count). The summed E-state index contributed by atoms with van der Waals surface area (Å²) in [5.41, 5.74) is 8.26. The van der Waals surface area contributed by atoms with Crippen molar-refractivity contribution in [3.05, 3.63) is 29.6 Å². The Labute approximate surface area is 115 Å². The van der Waals surface area contributed by atoms with Gasteiger partial charge in [-0.2, -0.15) is 0 Å².